The third kappa shape index (κ3) is 1.85. The molecule has 1 aliphatic heterocycles. The van der Waals surface area contributed by atoms with Crippen LogP contribution in [0.15, 0.2) is 12.3 Å². The summed E-state index contributed by atoms with van der Waals surface area (Å²) in [6, 6.07) is 0. The molecule has 6 heavy (non-hydrogen) atoms. The van der Waals surface area contributed by atoms with Gasteiger partial charge < -0.3 is 4.74 Å². The topological polar surface area (TPSA) is 9.23 Å². The van der Waals surface area contributed by atoms with Gasteiger partial charge in [-0.05, 0) is 6.08 Å². The van der Waals surface area contributed by atoms with Gasteiger partial charge in [0, 0.05) is 36.0 Å². The van der Waals surface area contributed by atoms with Crippen LogP contribution in [0.5, 0.6) is 0 Å². The van der Waals surface area contributed by atoms with Gasteiger partial charge in [-0.2, -0.15) is 0 Å². The van der Waals surface area contributed by atoms with Gasteiger partial charge in [-0.1, -0.05) is 0 Å². The zero-order valence-corrected chi connectivity index (χ0v) is 5.98. The molecule has 2 heteroatoms. The Kier molecular flexibility index (Phi) is 4.06. The number of hydrogen-bond acceptors (Lipinski definition) is 1. The van der Waals surface area contributed by atoms with E-state index < -0.39 is 0 Å². The van der Waals surface area contributed by atoms with Gasteiger partial charge in [0.15, 0.2) is 0 Å². The van der Waals surface area contributed by atoms with Crippen LogP contribution in [0.1, 0.15) is 6.42 Å². The van der Waals surface area contributed by atoms with E-state index in [-0.39, 0.29) is 29.6 Å². The van der Waals surface area contributed by atoms with Crippen molar-refractivity contribution in [2.75, 3.05) is 6.61 Å². The minimum Gasteiger partial charge on any atom is -0.501 e. The van der Waals surface area contributed by atoms with Crippen LogP contribution in [0.3, 0.4) is 0 Å². The van der Waals surface area contributed by atoms with E-state index in [1.165, 1.54) is 0 Å². The smallest absolute Gasteiger partial charge is 0.0908 e. The van der Waals surface area contributed by atoms with Gasteiger partial charge in [0.05, 0.1) is 12.9 Å². The van der Waals surface area contributed by atoms with Crippen molar-refractivity contribution >= 4 is 29.6 Å². The minimum atomic E-state index is 0. The number of ether oxygens (including phenoxy) is 1. The van der Waals surface area contributed by atoms with Crippen LogP contribution in [0.25, 0.3) is 0 Å². The summed E-state index contributed by atoms with van der Waals surface area (Å²) >= 11 is 0. The van der Waals surface area contributed by atoms with Gasteiger partial charge in [0.25, 0.3) is 0 Å². The van der Waals surface area contributed by atoms with Crippen molar-refractivity contribution in [1.29, 1.82) is 0 Å². The van der Waals surface area contributed by atoms with E-state index >= 15 is 0 Å². The molecular formula is C4H6NaO. The van der Waals surface area contributed by atoms with Crippen LogP contribution in [-0.4, -0.2) is 36.2 Å². The monoisotopic (exact) mass is 93.0 g/mol. The first-order valence-electron chi connectivity index (χ1n) is 1.77. The fourth-order valence-electron chi connectivity index (χ4n) is 0.340. The minimum absolute atomic E-state index is 0. The molecule has 1 nitrogen and oxygen atoms in total. The molecule has 0 N–H and O–H groups in total. The molecule has 0 amide bonds. The first kappa shape index (κ1) is 6.54. The summed E-state index contributed by atoms with van der Waals surface area (Å²) < 4.78 is 4.76. The second kappa shape index (κ2) is 3.72. The van der Waals surface area contributed by atoms with Crippen molar-refractivity contribution in [3.05, 3.63) is 12.3 Å². The Morgan fingerprint density at radius 2 is 2.33 bits per heavy atom. The van der Waals surface area contributed by atoms with Gasteiger partial charge in [-0.25, -0.2) is 0 Å². The summed E-state index contributed by atoms with van der Waals surface area (Å²) in [4.78, 5) is 0. The standard InChI is InChI=1S/C4H6O.Na/c1-2-4-5-3-1;/h1,3H,2,4H2;. The van der Waals surface area contributed by atoms with E-state index in [1.807, 2.05) is 6.08 Å². The summed E-state index contributed by atoms with van der Waals surface area (Å²) in [5.41, 5.74) is 0. The molecular weight excluding hydrogens is 87.0 g/mol. The molecule has 0 aromatic heterocycles. The maximum absolute atomic E-state index is 4.76. The summed E-state index contributed by atoms with van der Waals surface area (Å²) in [6.07, 6.45) is 4.85. The molecule has 0 saturated heterocycles. The summed E-state index contributed by atoms with van der Waals surface area (Å²) in [6.45, 7) is 0.889. The fraction of sp³-hybridized carbons (Fsp3) is 0.500. The molecule has 1 heterocycles. The molecule has 0 aliphatic carbocycles. The normalized spacial score (nSPS) is 16.0. The zero-order valence-electron chi connectivity index (χ0n) is 3.98. The molecule has 0 fully saturated rings. The Morgan fingerprint density at radius 3 is 2.50 bits per heavy atom. The molecule has 0 atom stereocenters. The SMILES string of the molecule is C1=COCC1.[Na]. The molecule has 1 radical (unpaired) electrons. The third-order valence-electron chi connectivity index (χ3n) is 0.595. The molecule has 0 unspecified atom stereocenters. The van der Waals surface area contributed by atoms with Crippen LogP contribution in [0.2, 0.25) is 0 Å². The Balaban J connectivity index is 0.000000250. The maximum Gasteiger partial charge on any atom is 0.0908 e. The van der Waals surface area contributed by atoms with Gasteiger partial charge in [-0.3, -0.25) is 0 Å². The molecule has 0 aromatic rings. The van der Waals surface area contributed by atoms with Crippen molar-refractivity contribution in [3.8, 4) is 0 Å². The molecule has 0 bridgehead atoms. The van der Waals surface area contributed by atoms with E-state index in [0.29, 0.717) is 0 Å². The largest absolute Gasteiger partial charge is 0.501 e. The maximum atomic E-state index is 4.76. The van der Waals surface area contributed by atoms with E-state index in [4.69, 9.17) is 4.74 Å². The van der Waals surface area contributed by atoms with Gasteiger partial charge in [-0.15, -0.1) is 0 Å². The first-order chi connectivity index (χ1) is 2.50. The molecule has 0 aromatic carbocycles. The Hall–Kier alpha value is 0.540. The average molecular weight is 93.1 g/mol. The van der Waals surface area contributed by atoms with Crippen molar-refractivity contribution in [2.24, 2.45) is 0 Å². The Morgan fingerprint density at radius 1 is 1.50 bits per heavy atom. The fourth-order valence-corrected chi connectivity index (χ4v) is 0.340. The second-order valence-corrected chi connectivity index (χ2v) is 1.03. The van der Waals surface area contributed by atoms with Crippen molar-refractivity contribution in [3.63, 3.8) is 0 Å². The van der Waals surface area contributed by atoms with Gasteiger partial charge in [0.2, 0.25) is 0 Å². The Bertz CT molecular complexity index is 45.5. The van der Waals surface area contributed by atoms with Crippen molar-refractivity contribution < 1.29 is 4.74 Å². The van der Waals surface area contributed by atoms with E-state index in [2.05, 4.69) is 0 Å². The quantitative estimate of drug-likeness (QED) is 0.397. The predicted octanol–water partition coefficient (Wildman–Crippen LogP) is 0.540. The summed E-state index contributed by atoms with van der Waals surface area (Å²) in [5, 5.41) is 0. The summed E-state index contributed by atoms with van der Waals surface area (Å²) in [7, 11) is 0. The van der Waals surface area contributed by atoms with Crippen LogP contribution in [0, 0.1) is 0 Å². The van der Waals surface area contributed by atoms with Gasteiger partial charge in [0.1, 0.15) is 0 Å². The second-order valence-electron chi connectivity index (χ2n) is 1.03. The zero-order chi connectivity index (χ0) is 3.54. The third-order valence-corrected chi connectivity index (χ3v) is 0.595. The van der Waals surface area contributed by atoms with Gasteiger partial charge >= 0.3 is 0 Å². The summed E-state index contributed by atoms with van der Waals surface area (Å²) in [5.74, 6) is 0. The van der Waals surface area contributed by atoms with Crippen LogP contribution in [-0.2, 0) is 4.74 Å². The van der Waals surface area contributed by atoms with Crippen LogP contribution < -0.4 is 0 Å². The molecule has 0 saturated carbocycles. The van der Waals surface area contributed by atoms with E-state index in [0.717, 1.165) is 13.0 Å². The van der Waals surface area contributed by atoms with Crippen molar-refractivity contribution in [2.45, 2.75) is 6.42 Å². The molecule has 1 aliphatic rings. The van der Waals surface area contributed by atoms with E-state index in [1.54, 1.807) is 6.26 Å². The average Bonchev–Trinajstić information content (AvgIpc) is 1.76. The predicted molar refractivity (Wildman–Crippen MR) is 25.5 cm³/mol. The first-order valence-corrected chi connectivity index (χ1v) is 1.77. The van der Waals surface area contributed by atoms with Crippen molar-refractivity contribution in [1.82, 2.24) is 0 Å². The van der Waals surface area contributed by atoms with Crippen LogP contribution in [0.4, 0.5) is 0 Å². The Labute approximate surface area is 59.7 Å². The molecule has 29 valence electrons. The van der Waals surface area contributed by atoms with E-state index in [9.17, 15) is 0 Å². The number of rotatable bonds is 0. The van der Waals surface area contributed by atoms with Crippen LogP contribution >= 0.6 is 0 Å². The molecule has 1 rings (SSSR count). The molecule has 0 spiro atoms. The number of hydrogen-bond donors (Lipinski definition) is 0.